The summed E-state index contributed by atoms with van der Waals surface area (Å²) in [6.07, 6.45) is -0.167. The molecule has 0 aromatic rings. The maximum Gasteiger partial charge on any atom is 0.333 e. The Morgan fingerprint density at radius 2 is 1.92 bits per heavy atom. The predicted octanol–water partition coefficient (Wildman–Crippen LogP) is -0.225. The molecule has 0 atom stereocenters. The Balaban J connectivity index is 4.20. The number of hydrogen-bond acceptors (Lipinski definition) is 4. The zero-order valence-electron chi connectivity index (χ0n) is 6.99. The highest BCUT2D eigenvalue weighted by molar-refractivity contribution is 6.20. The highest BCUT2D eigenvalue weighted by Gasteiger charge is 2.12. The number of esters is 2. The summed E-state index contributed by atoms with van der Waals surface area (Å²) in [7, 11) is 7.52. The van der Waals surface area contributed by atoms with E-state index in [0.29, 0.717) is 0 Å². The van der Waals surface area contributed by atoms with Gasteiger partial charge in [0.05, 0.1) is 20.6 Å². The fourth-order valence-corrected chi connectivity index (χ4v) is 0.558. The minimum atomic E-state index is -0.622. The third-order valence-corrected chi connectivity index (χ3v) is 1.21. The van der Waals surface area contributed by atoms with Crippen LogP contribution in [-0.4, -0.2) is 34.0 Å². The molecule has 0 rings (SSSR count). The van der Waals surface area contributed by atoms with Crippen molar-refractivity contribution in [1.82, 2.24) is 0 Å². The van der Waals surface area contributed by atoms with Crippen molar-refractivity contribution in [3.8, 4) is 0 Å². The van der Waals surface area contributed by atoms with Crippen molar-refractivity contribution in [1.29, 1.82) is 0 Å². The number of ether oxygens (including phenoxy) is 2. The lowest BCUT2D eigenvalue weighted by molar-refractivity contribution is -0.143. The van der Waals surface area contributed by atoms with E-state index in [1.807, 2.05) is 0 Å². The van der Waals surface area contributed by atoms with E-state index in [4.69, 9.17) is 7.85 Å². The largest absolute Gasteiger partial charge is 0.469 e. The molecule has 0 amide bonds. The molecular formula is C7H9BO4. The normalized spacial score (nSPS) is 10.7. The smallest absolute Gasteiger partial charge is 0.333 e. The highest BCUT2D eigenvalue weighted by atomic mass is 16.5. The van der Waals surface area contributed by atoms with Crippen LogP contribution in [0.4, 0.5) is 0 Å². The Morgan fingerprint density at radius 3 is 2.25 bits per heavy atom. The second-order valence-corrected chi connectivity index (χ2v) is 1.94. The van der Waals surface area contributed by atoms with Gasteiger partial charge in [0.2, 0.25) is 0 Å². The Labute approximate surface area is 71.9 Å². The van der Waals surface area contributed by atoms with Crippen molar-refractivity contribution < 1.29 is 19.1 Å². The third-order valence-electron chi connectivity index (χ3n) is 1.21. The van der Waals surface area contributed by atoms with Crippen LogP contribution in [0.25, 0.3) is 0 Å². The van der Waals surface area contributed by atoms with Gasteiger partial charge >= 0.3 is 11.9 Å². The molecule has 0 aliphatic carbocycles. The monoisotopic (exact) mass is 168 g/mol. The molecule has 0 heterocycles. The van der Waals surface area contributed by atoms with E-state index in [-0.39, 0.29) is 12.0 Å². The molecule has 0 aromatic heterocycles. The first-order valence-electron chi connectivity index (χ1n) is 3.21. The summed E-state index contributed by atoms with van der Waals surface area (Å²) in [4.78, 5) is 21.5. The van der Waals surface area contributed by atoms with Gasteiger partial charge in [-0.15, -0.1) is 5.98 Å². The highest BCUT2D eigenvalue weighted by Crippen LogP contribution is 2.03. The molecule has 0 N–H and O–H groups in total. The zero-order valence-corrected chi connectivity index (χ0v) is 6.99. The van der Waals surface area contributed by atoms with Gasteiger partial charge in [-0.25, -0.2) is 4.79 Å². The van der Waals surface area contributed by atoms with Gasteiger partial charge in [-0.2, -0.15) is 0 Å². The first kappa shape index (κ1) is 10.7. The molecule has 5 heteroatoms. The average Bonchev–Trinajstić information content (AvgIpc) is 2.12. The molecular weight excluding hydrogens is 159 g/mol. The van der Waals surface area contributed by atoms with Crippen LogP contribution in [0.15, 0.2) is 11.5 Å². The maximum atomic E-state index is 10.8. The van der Waals surface area contributed by atoms with Crippen molar-refractivity contribution >= 4 is 19.8 Å². The Hall–Kier alpha value is -1.26. The number of hydrogen-bond donors (Lipinski definition) is 0. The Kier molecular flexibility index (Phi) is 4.84. The molecule has 12 heavy (non-hydrogen) atoms. The molecule has 0 unspecified atom stereocenters. The molecule has 0 aliphatic heterocycles. The van der Waals surface area contributed by atoms with Gasteiger partial charge in [0, 0.05) is 5.57 Å². The summed E-state index contributed by atoms with van der Waals surface area (Å²) in [5, 5.41) is 0. The van der Waals surface area contributed by atoms with E-state index in [9.17, 15) is 9.59 Å². The summed E-state index contributed by atoms with van der Waals surface area (Å²) in [6, 6.07) is 0. The summed E-state index contributed by atoms with van der Waals surface area (Å²) >= 11 is 0. The summed E-state index contributed by atoms with van der Waals surface area (Å²) in [6.45, 7) is 0. The summed E-state index contributed by atoms with van der Waals surface area (Å²) < 4.78 is 8.69. The lowest BCUT2D eigenvalue weighted by Gasteiger charge is -2.02. The predicted molar refractivity (Wildman–Crippen MR) is 42.5 cm³/mol. The number of methoxy groups -OCH3 is 2. The molecule has 0 saturated carbocycles. The third kappa shape index (κ3) is 3.23. The van der Waals surface area contributed by atoms with Crippen LogP contribution in [0.2, 0.25) is 0 Å². The van der Waals surface area contributed by atoms with E-state index < -0.39 is 11.9 Å². The van der Waals surface area contributed by atoms with Crippen LogP contribution in [0.1, 0.15) is 6.42 Å². The van der Waals surface area contributed by atoms with Crippen LogP contribution >= 0.6 is 0 Å². The van der Waals surface area contributed by atoms with Gasteiger partial charge in [0.25, 0.3) is 0 Å². The van der Waals surface area contributed by atoms with E-state index in [1.54, 1.807) is 0 Å². The van der Waals surface area contributed by atoms with Crippen molar-refractivity contribution in [2.75, 3.05) is 14.2 Å². The lowest BCUT2D eigenvalue weighted by atomic mass is 10.0. The molecule has 0 saturated heterocycles. The Morgan fingerprint density at radius 1 is 1.33 bits per heavy atom. The average molecular weight is 168 g/mol. The zero-order chi connectivity index (χ0) is 9.56. The number of rotatable bonds is 3. The van der Waals surface area contributed by atoms with Gasteiger partial charge in [0.1, 0.15) is 7.85 Å². The van der Waals surface area contributed by atoms with Crippen molar-refractivity contribution in [3.63, 3.8) is 0 Å². The van der Waals surface area contributed by atoms with Crippen LogP contribution in [-0.2, 0) is 19.1 Å². The summed E-state index contributed by atoms with van der Waals surface area (Å²) in [5.41, 5.74) is 0.0874. The molecule has 0 bridgehead atoms. The quantitative estimate of drug-likeness (QED) is 0.332. The van der Waals surface area contributed by atoms with Crippen LogP contribution in [0.5, 0.6) is 0 Å². The molecule has 0 fully saturated rings. The van der Waals surface area contributed by atoms with Gasteiger partial charge in [-0.3, -0.25) is 4.79 Å². The van der Waals surface area contributed by atoms with E-state index in [0.717, 1.165) is 5.98 Å². The number of carbonyl (C=O) groups excluding carboxylic acids is 2. The Bertz CT molecular complexity index is 209. The lowest BCUT2D eigenvalue weighted by Crippen LogP contribution is -2.11. The minimum Gasteiger partial charge on any atom is -0.469 e. The second kappa shape index (κ2) is 5.40. The topological polar surface area (TPSA) is 52.6 Å². The standard InChI is InChI=1S/C7H9BO4/c1-11-6(9)3-5(4-8)7(10)12-2/h4H,3H2,1-2H3/b5-4+. The van der Waals surface area contributed by atoms with E-state index in [1.165, 1.54) is 14.2 Å². The minimum absolute atomic E-state index is 0.0874. The van der Waals surface area contributed by atoms with Gasteiger partial charge in [0.15, 0.2) is 0 Å². The van der Waals surface area contributed by atoms with Gasteiger partial charge in [-0.1, -0.05) is 0 Å². The number of carbonyl (C=O) groups is 2. The van der Waals surface area contributed by atoms with Gasteiger partial charge < -0.3 is 9.47 Å². The molecule has 0 spiro atoms. The fourth-order valence-electron chi connectivity index (χ4n) is 0.558. The molecule has 0 aromatic carbocycles. The van der Waals surface area contributed by atoms with E-state index >= 15 is 0 Å². The SMILES string of the molecule is [B]/C=C(\CC(=O)OC)C(=O)OC. The van der Waals surface area contributed by atoms with Crippen LogP contribution < -0.4 is 0 Å². The molecule has 2 radical (unpaired) electrons. The molecule has 4 nitrogen and oxygen atoms in total. The maximum absolute atomic E-state index is 10.8. The second-order valence-electron chi connectivity index (χ2n) is 1.94. The van der Waals surface area contributed by atoms with Crippen molar-refractivity contribution in [2.24, 2.45) is 0 Å². The van der Waals surface area contributed by atoms with Crippen LogP contribution in [0.3, 0.4) is 0 Å². The molecule has 64 valence electrons. The first-order chi connectivity index (χ1) is 5.65. The first-order valence-corrected chi connectivity index (χ1v) is 3.21. The fraction of sp³-hybridized carbons (Fsp3) is 0.429. The summed E-state index contributed by atoms with van der Waals surface area (Å²) in [5.74, 6) is -0.122. The molecule has 0 aliphatic rings. The van der Waals surface area contributed by atoms with E-state index in [2.05, 4.69) is 9.47 Å². The van der Waals surface area contributed by atoms with Gasteiger partial charge in [-0.05, 0) is 0 Å². The van der Waals surface area contributed by atoms with Crippen molar-refractivity contribution in [3.05, 3.63) is 11.5 Å². The van der Waals surface area contributed by atoms with Crippen LogP contribution in [0, 0.1) is 0 Å². The van der Waals surface area contributed by atoms with Crippen molar-refractivity contribution in [2.45, 2.75) is 6.42 Å².